The van der Waals surface area contributed by atoms with Crippen LogP contribution in [-0.4, -0.2) is 26.9 Å². The smallest absolute Gasteiger partial charge is 0.234 e. The molecule has 2 rings (SSSR count). The third-order valence-electron chi connectivity index (χ3n) is 2.49. The van der Waals surface area contributed by atoms with Crippen LogP contribution in [0.1, 0.15) is 22.8 Å². The molecule has 5 heteroatoms. The summed E-state index contributed by atoms with van der Waals surface area (Å²) in [5.41, 5.74) is -0.413. The van der Waals surface area contributed by atoms with Crippen molar-refractivity contribution >= 4 is 17.3 Å². The van der Waals surface area contributed by atoms with E-state index in [4.69, 9.17) is 0 Å². The minimum absolute atomic E-state index is 0.111. The molecule has 1 aliphatic carbocycles. The fourth-order valence-electron chi connectivity index (χ4n) is 1.63. The van der Waals surface area contributed by atoms with Crippen molar-refractivity contribution in [3.63, 3.8) is 0 Å². The minimum Gasteiger partial charge on any atom is -0.508 e. The topological polar surface area (TPSA) is 94.8 Å². The Labute approximate surface area is 90.3 Å². The lowest BCUT2D eigenvalue weighted by Crippen LogP contribution is -2.22. The van der Waals surface area contributed by atoms with Gasteiger partial charge in [-0.15, -0.1) is 0 Å². The molecule has 3 N–H and O–H groups in total. The van der Waals surface area contributed by atoms with E-state index in [0.717, 1.165) is 12.1 Å². The molecular formula is C11H8O5. The van der Waals surface area contributed by atoms with E-state index in [1.807, 2.05) is 0 Å². The van der Waals surface area contributed by atoms with Gasteiger partial charge in [0.25, 0.3) is 0 Å². The average molecular weight is 220 g/mol. The van der Waals surface area contributed by atoms with Gasteiger partial charge in [0.15, 0.2) is 0 Å². The van der Waals surface area contributed by atoms with Gasteiger partial charge in [0.05, 0.1) is 5.56 Å². The van der Waals surface area contributed by atoms with Crippen LogP contribution in [0.2, 0.25) is 0 Å². The number of benzene rings is 1. The van der Waals surface area contributed by atoms with Crippen LogP contribution < -0.4 is 0 Å². The van der Waals surface area contributed by atoms with Gasteiger partial charge in [0, 0.05) is 17.2 Å². The highest BCUT2D eigenvalue weighted by atomic mass is 16.3. The van der Waals surface area contributed by atoms with Crippen LogP contribution in [0.5, 0.6) is 11.5 Å². The highest BCUT2D eigenvalue weighted by Crippen LogP contribution is 2.36. The lowest BCUT2D eigenvalue weighted by atomic mass is 9.88. The Morgan fingerprint density at radius 1 is 1.00 bits per heavy atom. The number of aromatic hydroxyl groups is 2. The molecule has 0 aliphatic heterocycles. The zero-order chi connectivity index (χ0) is 12.0. The van der Waals surface area contributed by atoms with E-state index in [1.54, 1.807) is 0 Å². The highest BCUT2D eigenvalue weighted by molar-refractivity contribution is 6.52. The van der Waals surface area contributed by atoms with Crippen LogP contribution in [0, 0.1) is 0 Å². The minimum atomic E-state index is -0.850. The van der Waals surface area contributed by atoms with E-state index in [0.29, 0.717) is 0 Å². The Morgan fingerprint density at radius 3 is 2.25 bits per heavy atom. The first kappa shape index (κ1) is 10.2. The molecule has 0 bridgehead atoms. The maximum atomic E-state index is 11.6. The molecule has 1 aromatic rings. The maximum absolute atomic E-state index is 11.6. The lowest BCUT2D eigenvalue weighted by Gasteiger charge is -2.16. The summed E-state index contributed by atoms with van der Waals surface area (Å²) in [6, 6.07) is 2.03. The summed E-state index contributed by atoms with van der Waals surface area (Å²) in [6.07, 6.45) is 0. The van der Waals surface area contributed by atoms with Crippen molar-refractivity contribution in [3.05, 3.63) is 28.8 Å². The van der Waals surface area contributed by atoms with Crippen molar-refractivity contribution < 1.29 is 24.9 Å². The lowest BCUT2D eigenvalue weighted by molar-refractivity contribution is -0.111. The molecule has 1 aliphatic rings. The first-order valence-electron chi connectivity index (χ1n) is 4.48. The van der Waals surface area contributed by atoms with Gasteiger partial charge in [0.1, 0.15) is 17.3 Å². The molecule has 0 unspecified atom stereocenters. The summed E-state index contributed by atoms with van der Waals surface area (Å²) in [5.74, 6) is -2.90. The molecule has 82 valence electrons. The van der Waals surface area contributed by atoms with Crippen LogP contribution >= 0.6 is 0 Å². The first-order valence-corrected chi connectivity index (χ1v) is 4.48. The van der Waals surface area contributed by atoms with Crippen molar-refractivity contribution in [1.29, 1.82) is 0 Å². The molecule has 1 aromatic carbocycles. The van der Waals surface area contributed by atoms with Crippen molar-refractivity contribution in [2.75, 3.05) is 0 Å². The summed E-state index contributed by atoms with van der Waals surface area (Å²) >= 11 is 0. The van der Waals surface area contributed by atoms with E-state index in [-0.39, 0.29) is 22.4 Å². The number of allylic oxidation sites excluding steroid dienone is 1. The standard InChI is InChI=1S/C11H8O5/c1-4-9(14)8-6(11(16)10(4)15)2-5(12)3-7(8)13/h2-3,12-14H,1H3. The van der Waals surface area contributed by atoms with Crippen LogP contribution in [-0.2, 0) is 4.79 Å². The fraction of sp³-hybridized carbons (Fsp3) is 0.0909. The summed E-state index contributed by atoms with van der Waals surface area (Å²) < 4.78 is 0. The second-order valence-corrected chi connectivity index (χ2v) is 3.52. The zero-order valence-electron chi connectivity index (χ0n) is 8.31. The number of hydrogen-bond donors (Lipinski definition) is 3. The maximum Gasteiger partial charge on any atom is 0.234 e. The normalized spacial score (nSPS) is 15.3. The van der Waals surface area contributed by atoms with Crippen LogP contribution in [0.25, 0.3) is 5.76 Å². The highest BCUT2D eigenvalue weighted by Gasteiger charge is 2.32. The Kier molecular flexibility index (Phi) is 1.98. The van der Waals surface area contributed by atoms with Crippen molar-refractivity contribution in [1.82, 2.24) is 0 Å². The molecule has 0 aromatic heterocycles. The van der Waals surface area contributed by atoms with E-state index in [1.165, 1.54) is 6.92 Å². The van der Waals surface area contributed by atoms with Gasteiger partial charge in [-0.2, -0.15) is 0 Å². The number of hydrogen-bond acceptors (Lipinski definition) is 5. The van der Waals surface area contributed by atoms with Crippen molar-refractivity contribution in [2.24, 2.45) is 0 Å². The number of Topliss-reactive ketones (excluding diaryl/α,β-unsaturated/α-hetero) is 2. The number of rotatable bonds is 0. The average Bonchev–Trinajstić information content (AvgIpc) is 2.22. The number of carbonyl (C=O) groups is 2. The van der Waals surface area contributed by atoms with Gasteiger partial charge in [0.2, 0.25) is 11.6 Å². The third kappa shape index (κ3) is 1.18. The van der Waals surface area contributed by atoms with Crippen molar-refractivity contribution in [2.45, 2.75) is 6.92 Å². The molecule has 0 heterocycles. The van der Waals surface area contributed by atoms with E-state index in [2.05, 4.69) is 0 Å². The molecule has 0 fully saturated rings. The number of aliphatic hydroxyl groups is 1. The molecular weight excluding hydrogens is 212 g/mol. The van der Waals surface area contributed by atoms with Gasteiger partial charge in [-0.3, -0.25) is 9.59 Å². The molecule has 16 heavy (non-hydrogen) atoms. The zero-order valence-corrected chi connectivity index (χ0v) is 8.31. The number of phenolic OH excluding ortho intramolecular Hbond substituents is 2. The third-order valence-corrected chi connectivity index (χ3v) is 2.49. The van der Waals surface area contributed by atoms with Crippen LogP contribution in [0.3, 0.4) is 0 Å². The summed E-state index contributed by atoms with van der Waals surface area (Å²) in [6.45, 7) is 1.30. The van der Waals surface area contributed by atoms with Gasteiger partial charge < -0.3 is 15.3 Å². The van der Waals surface area contributed by atoms with Gasteiger partial charge in [-0.05, 0) is 13.0 Å². The van der Waals surface area contributed by atoms with E-state index >= 15 is 0 Å². The summed E-state index contributed by atoms with van der Waals surface area (Å²) in [7, 11) is 0. The van der Waals surface area contributed by atoms with E-state index in [9.17, 15) is 24.9 Å². The quantitative estimate of drug-likeness (QED) is 0.570. The molecule has 0 spiro atoms. The summed E-state index contributed by atoms with van der Waals surface area (Å²) in [4.78, 5) is 23.0. The second-order valence-electron chi connectivity index (χ2n) is 3.52. The number of phenols is 2. The molecule has 5 nitrogen and oxygen atoms in total. The molecule has 0 atom stereocenters. The van der Waals surface area contributed by atoms with E-state index < -0.39 is 23.1 Å². The monoisotopic (exact) mass is 220 g/mol. The van der Waals surface area contributed by atoms with Gasteiger partial charge in [-0.1, -0.05) is 0 Å². The second kappa shape index (κ2) is 3.10. The Balaban J connectivity index is 2.86. The van der Waals surface area contributed by atoms with Gasteiger partial charge >= 0.3 is 0 Å². The molecule has 0 amide bonds. The number of carbonyl (C=O) groups excluding carboxylic acids is 2. The van der Waals surface area contributed by atoms with Crippen LogP contribution in [0.15, 0.2) is 17.7 Å². The number of ketones is 2. The fourth-order valence-corrected chi connectivity index (χ4v) is 1.63. The van der Waals surface area contributed by atoms with Crippen molar-refractivity contribution in [3.8, 4) is 11.5 Å². The Morgan fingerprint density at radius 2 is 1.62 bits per heavy atom. The van der Waals surface area contributed by atoms with Crippen LogP contribution in [0.4, 0.5) is 0 Å². The first-order chi connectivity index (χ1) is 7.43. The van der Waals surface area contributed by atoms with Gasteiger partial charge in [-0.25, -0.2) is 0 Å². The molecule has 0 saturated heterocycles. The summed E-state index contributed by atoms with van der Waals surface area (Å²) in [5, 5.41) is 28.4. The molecule has 0 radical (unpaired) electrons. The molecule has 0 saturated carbocycles. The number of aliphatic hydroxyl groups excluding tert-OH is 1. The SMILES string of the molecule is CC1=C(O)c2c(O)cc(O)cc2C(=O)C1=O. The predicted molar refractivity (Wildman–Crippen MR) is 54.3 cm³/mol. The predicted octanol–water partition coefficient (Wildman–Crippen LogP) is 1.15. The Hall–Kier alpha value is -2.30. The number of fused-ring (bicyclic) bond motifs is 1. The largest absolute Gasteiger partial charge is 0.508 e. The Bertz CT molecular complexity index is 554.